The van der Waals surface area contributed by atoms with Gasteiger partial charge in [-0.1, -0.05) is 12.1 Å². The smallest absolute Gasteiger partial charge is 0.254 e. The first-order valence-electron chi connectivity index (χ1n) is 7.81. The number of rotatable bonds is 4. The lowest BCUT2D eigenvalue weighted by atomic mass is 10.1. The molecule has 3 rings (SSSR count). The van der Waals surface area contributed by atoms with Gasteiger partial charge in [-0.15, -0.1) is 0 Å². The van der Waals surface area contributed by atoms with Crippen molar-refractivity contribution in [2.45, 2.75) is 6.42 Å². The molecule has 2 aromatic carbocycles. The Balaban J connectivity index is 1.56. The number of carbonyl (C=O) groups is 1. The number of nitrogens with one attached hydrogen (secondary N) is 1. The molecule has 1 unspecified atom stereocenters. The van der Waals surface area contributed by atoms with Crippen LogP contribution in [0.2, 0.25) is 0 Å². The maximum Gasteiger partial charge on any atom is 0.254 e. The summed E-state index contributed by atoms with van der Waals surface area (Å²) >= 11 is 0. The van der Waals surface area contributed by atoms with E-state index in [1.165, 1.54) is 18.2 Å². The Morgan fingerprint density at radius 3 is 2.75 bits per heavy atom. The van der Waals surface area contributed by atoms with Gasteiger partial charge in [0, 0.05) is 25.7 Å². The van der Waals surface area contributed by atoms with Crippen LogP contribution >= 0.6 is 0 Å². The Bertz CT molecular complexity index is 752. The summed E-state index contributed by atoms with van der Waals surface area (Å²) < 4.78 is 27.5. The first-order valence-corrected chi connectivity index (χ1v) is 7.81. The molecule has 0 radical (unpaired) electrons. The fraction of sp³-hybridized carbons (Fsp3) is 0.278. The maximum atomic E-state index is 13.8. The van der Waals surface area contributed by atoms with Gasteiger partial charge in [0.25, 0.3) is 5.91 Å². The average Bonchev–Trinajstić information content (AvgIpc) is 3.02. The summed E-state index contributed by atoms with van der Waals surface area (Å²) in [6.45, 7) is 1.75. The third kappa shape index (κ3) is 3.48. The first kappa shape index (κ1) is 16.2. The molecule has 1 aliphatic heterocycles. The minimum atomic E-state index is -0.757. The number of para-hydroxylation sites is 1. The second kappa shape index (κ2) is 6.86. The number of carbonyl (C=O) groups excluding carboxylic acids is 1. The molecular weight excluding hydrogens is 314 g/mol. The van der Waals surface area contributed by atoms with Gasteiger partial charge in [0.1, 0.15) is 17.4 Å². The molecular formula is C18H18F2N2O2. The van der Waals surface area contributed by atoms with Crippen LogP contribution in [0.5, 0.6) is 5.75 Å². The van der Waals surface area contributed by atoms with Crippen LogP contribution in [0.25, 0.3) is 0 Å². The van der Waals surface area contributed by atoms with Crippen molar-refractivity contribution in [3.8, 4) is 5.75 Å². The van der Waals surface area contributed by atoms with E-state index in [-0.39, 0.29) is 23.0 Å². The summed E-state index contributed by atoms with van der Waals surface area (Å²) in [6.07, 6.45) is 0.826. The predicted octanol–water partition coefficient (Wildman–Crippen LogP) is 2.93. The van der Waals surface area contributed by atoms with E-state index in [4.69, 9.17) is 0 Å². The van der Waals surface area contributed by atoms with Crippen LogP contribution in [0, 0.1) is 17.6 Å². The van der Waals surface area contributed by atoms with E-state index >= 15 is 0 Å². The predicted molar refractivity (Wildman–Crippen MR) is 87.1 cm³/mol. The second-order valence-corrected chi connectivity index (χ2v) is 5.93. The number of halogens is 2. The largest absolute Gasteiger partial charge is 0.508 e. The van der Waals surface area contributed by atoms with E-state index in [2.05, 4.69) is 5.32 Å². The van der Waals surface area contributed by atoms with Crippen LogP contribution in [0.15, 0.2) is 42.5 Å². The van der Waals surface area contributed by atoms with Crippen LogP contribution in [-0.2, 0) is 0 Å². The number of nitrogens with zero attached hydrogens (tertiary/aromatic N) is 1. The van der Waals surface area contributed by atoms with Crippen LogP contribution in [0.1, 0.15) is 16.8 Å². The van der Waals surface area contributed by atoms with Crippen LogP contribution < -0.4 is 10.2 Å². The fourth-order valence-corrected chi connectivity index (χ4v) is 2.95. The van der Waals surface area contributed by atoms with Crippen molar-refractivity contribution < 1.29 is 18.7 Å². The fourth-order valence-electron chi connectivity index (χ4n) is 2.95. The van der Waals surface area contributed by atoms with Gasteiger partial charge < -0.3 is 15.3 Å². The van der Waals surface area contributed by atoms with E-state index in [9.17, 15) is 18.7 Å². The number of hydrogen-bond donors (Lipinski definition) is 2. The van der Waals surface area contributed by atoms with Crippen LogP contribution in [-0.4, -0.2) is 30.6 Å². The third-order valence-electron chi connectivity index (χ3n) is 4.23. The van der Waals surface area contributed by atoms with Crippen molar-refractivity contribution in [3.05, 3.63) is 59.7 Å². The topological polar surface area (TPSA) is 52.6 Å². The number of benzene rings is 2. The Labute approximate surface area is 138 Å². The highest BCUT2D eigenvalue weighted by Gasteiger charge is 2.25. The minimum Gasteiger partial charge on any atom is -0.508 e. The van der Waals surface area contributed by atoms with Crippen molar-refractivity contribution in [1.82, 2.24) is 5.32 Å². The molecule has 24 heavy (non-hydrogen) atoms. The number of aromatic hydroxyl groups is 1. The van der Waals surface area contributed by atoms with Crippen LogP contribution in [0.3, 0.4) is 0 Å². The van der Waals surface area contributed by atoms with Crippen molar-refractivity contribution in [2.24, 2.45) is 5.92 Å². The SMILES string of the molecule is O=C(NCC1CCN(c2ccccc2F)C1)c1ccc(O)cc1F. The normalized spacial score (nSPS) is 17.1. The Hall–Kier alpha value is -2.63. The molecule has 1 saturated heterocycles. The highest BCUT2D eigenvalue weighted by molar-refractivity contribution is 5.94. The molecule has 1 heterocycles. The standard InChI is InChI=1S/C18H18F2N2O2/c19-15-3-1-2-4-17(15)22-8-7-12(11-22)10-21-18(24)14-6-5-13(23)9-16(14)20/h1-6,9,12,23H,7-8,10-11H2,(H,21,24). The molecule has 0 saturated carbocycles. The van der Waals surface area contributed by atoms with Gasteiger partial charge >= 0.3 is 0 Å². The van der Waals surface area contributed by atoms with Gasteiger partial charge in [-0.2, -0.15) is 0 Å². The molecule has 126 valence electrons. The summed E-state index contributed by atoms with van der Waals surface area (Å²) in [5, 5.41) is 11.9. The number of phenols is 1. The Kier molecular flexibility index (Phi) is 4.64. The molecule has 4 nitrogen and oxygen atoms in total. The quantitative estimate of drug-likeness (QED) is 0.905. The molecule has 1 aliphatic rings. The minimum absolute atomic E-state index is 0.100. The van der Waals surface area contributed by atoms with Gasteiger partial charge in [-0.25, -0.2) is 8.78 Å². The molecule has 0 aromatic heterocycles. The lowest BCUT2D eigenvalue weighted by Gasteiger charge is -2.19. The highest BCUT2D eigenvalue weighted by atomic mass is 19.1. The van der Waals surface area contributed by atoms with E-state index in [0.717, 1.165) is 19.0 Å². The molecule has 6 heteroatoms. The van der Waals surface area contributed by atoms with Gasteiger partial charge in [0.05, 0.1) is 11.3 Å². The molecule has 0 bridgehead atoms. The number of anilines is 1. The monoisotopic (exact) mass is 332 g/mol. The molecule has 1 fully saturated rings. The number of amides is 1. The number of phenolic OH excluding ortho intramolecular Hbond substituents is 1. The lowest BCUT2D eigenvalue weighted by molar-refractivity contribution is 0.0944. The van der Waals surface area contributed by atoms with E-state index in [0.29, 0.717) is 18.8 Å². The van der Waals surface area contributed by atoms with Crippen molar-refractivity contribution in [1.29, 1.82) is 0 Å². The van der Waals surface area contributed by atoms with Gasteiger partial charge in [0.2, 0.25) is 0 Å². The van der Waals surface area contributed by atoms with Gasteiger partial charge in [0.15, 0.2) is 0 Å². The summed E-state index contributed by atoms with van der Waals surface area (Å²) in [7, 11) is 0. The Morgan fingerprint density at radius 2 is 2.00 bits per heavy atom. The summed E-state index contributed by atoms with van der Waals surface area (Å²) in [5.41, 5.74) is 0.465. The van der Waals surface area contributed by atoms with Gasteiger partial charge in [-0.05, 0) is 36.6 Å². The molecule has 0 spiro atoms. The van der Waals surface area contributed by atoms with Crippen molar-refractivity contribution in [2.75, 3.05) is 24.5 Å². The molecule has 2 aromatic rings. The molecule has 2 N–H and O–H groups in total. The number of hydrogen-bond acceptors (Lipinski definition) is 3. The summed E-state index contributed by atoms with van der Waals surface area (Å²) in [5.74, 6) is -1.58. The van der Waals surface area contributed by atoms with Crippen LogP contribution in [0.4, 0.5) is 14.5 Å². The van der Waals surface area contributed by atoms with E-state index < -0.39 is 11.7 Å². The van der Waals surface area contributed by atoms with Gasteiger partial charge in [-0.3, -0.25) is 4.79 Å². The van der Waals surface area contributed by atoms with Crippen molar-refractivity contribution in [3.63, 3.8) is 0 Å². The summed E-state index contributed by atoms with van der Waals surface area (Å²) in [6, 6.07) is 10.0. The highest BCUT2D eigenvalue weighted by Crippen LogP contribution is 2.25. The first-order chi connectivity index (χ1) is 11.5. The zero-order valence-corrected chi connectivity index (χ0v) is 13.0. The molecule has 1 amide bonds. The molecule has 1 atom stereocenters. The lowest BCUT2D eigenvalue weighted by Crippen LogP contribution is -2.31. The van der Waals surface area contributed by atoms with Crippen molar-refractivity contribution >= 4 is 11.6 Å². The summed E-state index contributed by atoms with van der Waals surface area (Å²) in [4.78, 5) is 14.0. The Morgan fingerprint density at radius 1 is 1.21 bits per heavy atom. The zero-order valence-electron chi connectivity index (χ0n) is 13.0. The third-order valence-corrected chi connectivity index (χ3v) is 4.23. The zero-order chi connectivity index (χ0) is 17.1. The maximum absolute atomic E-state index is 13.8. The van der Waals surface area contributed by atoms with E-state index in [1.54, 1.807) is 18.2 Å². The average molecular weight is 332 g/mol. The second-order valence-electron chi connectivity index (χ2n) is 5.93. The molecule has 0 aliphatic carbocycles. The van der Waals surface area contributed by atoms with E-state index in [1.807, 2.05) is 4.90 Å².